The fourth-order valence-electron chi connectivity index (χ4n) is 3.75. The van der Waals surface area contributed by atoms with Crippen molar-refractivity contribution in [3.8, 4) is 0 Å². The number of benzene rings is 3. The van der Waals surface area contributed by atoms with Gasteiger partial charge in [0.05, 0.1) is 0 Å². The zero-order chi connectivity index (χ0) is 14.9. The van der Waals surface area contributed by atoms with Crippen molar-refractivity contribution in [1.29, 1.82) is 0 Å². The van der Waals surface area contributed by atoms with Crippen molar-refractivity contribution in [1.82, 2.24) is 10.2 Å². The molecule has 1 heterocycles. The number of halogens is 2. The van der Waals surface area contributed by atoms with Crippen molar-refractivity contribution in [2.75, 3.05) is 26.2 Å². The van der Waals surface area contributed by atoms with Gasteiger partial charge in [-0.1, -0.05) is 48.5 Å². The number of hydrogen-bond acceptors (Lipinski definition) is 2. The van der Waals surface area contributed by atoms with Crippen LogP contribution in [0.5, 0.6) is 0 Å². The number of rotatable bonds is 2. The van der Waals surface area contributed by atoms with Crippen molar-refractivity contribution in [3.05, 3.63) is 60.2 Å². The van der Waals surface area contributed by atoms with Crippen molar-refractivity contribution < 1.29 is 0 Å². The minimum Gasteiger partial charge on any atom is -0.314 e. The van der Waals surface area contributed by atoms with E-state index in [2.05, 4.69) is 71.7 Å². The van der Waals surface area contributed by atoms with Gasteiger partial charge in [0.25, 0.3) is 0 Å². The molecule has 1 aliphatic rings. The van der Waals surface area contributed by atoms with Crippen LogP contribution in [0.3, 0.4) is 0 Å². The summed E-state index contributed by atoms with van der Waals surface area (Å²) < 4.78 is 0. The van der Waals surface area contributed by atoms with Crippen LogP contribution in [0.25, 0.3) is 21.5 Å². The van der Waals surface area contributed by atoms with E-state index >= 15 is 0 Å². The Morgan fingerprint density at radius 2 is 1.33 bits per heavy atom. The second kappa shape index (κ2) is 8.17. The highest BCUT2D eigenvalue weighted by Crippen LogP contribution is 2.35. The van der Waals surface area contributed by atoms with E-state index in [0.717, 1.165) is 26.2 Å². The molecule has 1 fully saturated rings. The molecule has 4 heteroatoms. The van der Waals surface area contributed by atoms with Crippen LogP contribution >= 0.6 is 24.8 Å². The summed E-state index contributed by atoms with van der Waals surface area (Å²) in [4.78, 5) is 2.60. The van der Waals surface area contributed by atoms with Gasteiger partial charge in [-0.2, -0.15) is 0 Å². The average Bonchev–Trinajstić information content (AvgIpc) is 2.60. The Labute approximate surface area is 156 Å². The second-order valence-corrected chi connectivity index (χ2v) is 6.19. The van der Waals surface area contributed by atoms with E-state index < -0.39 is 0 Å². The van der Waals surface area contributed by atoms with Gasteiger partial charge in [0.15, 0.2) is 0 Å². The molecule has 3 aromatic rings. The van der Waals surface area contributed by atoms with Gasteiger partial charge in [0.1, 0.15) is 0 Å². The highest BCUT2D eigenvalue weighted by Gasteiger charge is 2.21. The summed E-state index contributed by atoms with van der Waals surface area (Å²) in [5.41, 5.74) is 1.48. The third-order valence-electron chi connectivity index (χ3n) is 4.93. The molecule has 0 aliphatic carbocycles. The molecular weight excluding hydrogens is 339 g/mol. The van der Waals surface area contributed by atoms with E-state index in [9.17, 15) is 0 Å². The Balaban J connectivity index is 0.00000104. The number of fused-ring (bicyclic) bond motifs is 2. The molecule has 1 atom stereocenters. The molecule has 1 N–H and O–H groups in total. The molecule has 0 bridgehead atoms. The molecule has 0 spiro atoms. The standard InChI is InChI=1S/C20H22N2.2ClH/c1-15(22-12-10-21-11-13-22)20-18-8-4-2-6-16(18)14-17-7-3-5-9-19(17)20;;/h2-9,14-15,21H,10-13H2,1H3;2*1H/t15-;;/m1../s1. The van der Waals surface area contributed by atoms with Gasteiger partial charge in [0.2, 0.25) is 0 Å². The highest BCUT2D eigenvalue weighted by atomic mass is 35.5. The molecular formula is C20H24Cl2N2. The Hall–Kier alpha value is -1.32. The van der Waals surface area contributed by atoms with E-state index in [-0.39, 0.29) is 24.8 Å². The predicted octanol–water partition coefficient (Wildman–Crippen LogP) is 4.80. The van der Waals surface area contributed by atoms with Crippen molar-refractivity contribution >= 4 is 46.4 Å². The molecule has 0 radical (unpaired) electrons. The Kier molecular flexibility index (Phi) is 6.47. The first-order valence-electron chi connectivity index (χ1n) is 8.20. The molecule has 0 aromatic heterocycles. The molecule has 1 aliphatic heterocycles. The Morgan fingerprint density at radius 3 is 1.88 bits per heavy atom. The van der Waals surface area contributed by atoms with E-state index in [1.807, 2.05) is 0 Å². The maximum atomic E-state index is 3.45. The van der Waals surface area contributed by atoms with Gasteiger partial charge in [0, 0.05) is 32.2 Å². The van der Waals surface area contributed by atoms with E-state index in [4.69, 9.17) is 0 Å². The molecule has 1 saturated heterocycles. The molecule has 128 valence electrons. The summed E-state index contributed by atoms with van der Waals surface area (Å²) in [6, 6.07) is 20.4. The summed E-state index contributed by atoms with van der Waals surface area (Å²) in [6.45, 7) is 6.79. The Morgan fingerprint density at radius 1 is 0.833 bits per heavy atom. The van der Waals surface area contributed by atoms with Gasteiger partial charge < -0.3 is 5.32 Å². The van der Waals surface area contributed by atoms with Gasteiger partial charge in [-0.25, -0.2) is 0 Å². The maximum absolute atomic E-state index is 3.45. The first-order valence-corrected chi connectivity index (χ1v) is 8.20. The summed E-state index contributed by atoms with van der Waals surface area (Å²) >= 11 is 0. The zero-order valence-corrected chi connectivity index (χ0v) is 15.5. The lowest BCUT2D eigenvalue weighted by Gasteiger charge is -2.34. The molecule has 2 nitrogen and oxygen atoms in total. The van der Waals surface area contributed by atoms with Crippen LogP contribution in [0.2, 0.25) is 0 Å². The molecule has 24 heavy (non-hydrogen) atoms. The van der Waals surface area contributed by atoms with E-state index in [0.29, 0.717) is 6.04 Å². The van der Waals surface area contributed by atoms with Crippen LogP contribution < -0.4 is 5.32 Å². The zero-order valence-electron chi connectivity index (χ0n) is 13.9. The van der Waals surface area contributed by atoms with Crippen LogP contribution in [-0.4, -0.2) is 31.1 Å². The lowest BCUT2D eigenvalue weighted by Crippen LogP contribution is -2.44. The summed E-state index contributed by atoms with van der Waals surface area (Å²) in [5.74, 6) is 0. The van der Waals surface area contributed by atoms with Gasteiger partial charge >= 0.3 is 0 Å². The van der Waals surface area contributed by atoms with Gasteiger partial charge in [-0.05, 0) is 40.1 Å². The van der Waals surface area contributed by atoms with E-state index in [1.165, 1.54) is 27.1 Å². The lowest BCUT2D eigenvalue weighted by atomic mass is 9.92. The van der Waals surface area contributed by atoms with Crippen LogP contribution in [0, 0.1) is 0 Å². The van der Waals surface area contributed by atoms with Crippen molar-refractivity contribution in [2.24, 2.45) is 0 Å². The normalized spacial score (nSPS) is 16.4. The second-order valence-electron chi connectivity index (χ2n) is 6.19. The molecule has 3 aromatic carbocycles. The van der Waals surface area contributed by atoms with Gasteiger partial charge in [-0.15, -0.1) is 24.8 Å². The first-order chi connectivity index (χ1) is 10.8. The summed E-state index contributed by atoms with van der Waals surface area (Å²) in [5, 5.41) is 8.94. The smallest absolute Gasteiger partial charge is 0.0333 e. The quantitative estimate of drug-likeness (QED) is 0.658. The van der Waals surface area contributed by atoms with Crippen LogP contribution in [0.4, 0.5) is 0 Å². The predicted molar refractivity (Wildman–Crippen MR) is 109 cm³/mol. The van der Waals surface area contributed by atoms with E-state index in [1.54, 1.807) is 0 Å². The molecule has 4 rings (SSSR count). The third kappa shape index (κ3) is 3.38. The monoisotopic (exact) mass is 362 g/mol. The minimum absolute atomic E-state index is 0. The summed E-state index contributed by atoms with van der Waals surface area (Å²) in [7, 11) is 0. The fourth-order valence-corrected chi connectivity index (χ4v) is 3.75. The maximum Gasteiger partial charge on any atom is 0.0333 e. The average molecular weight is 363 g/mol. The topological polar surface area (TPSA) is 15.3 Å². The van der Waals surface area contributed by atoms with Crippen LogP contribution in [0.15, 0.2) is 54.6 Å². The number of nitrogens with one attached hydrogen (secondary N) is 1. The van der Waals surface area contributed by atoms with Crippen molar-refractivity contribution in [2.45, 2.75) is 13.0 Å². The highest BCUT2D eigenvalue weighted by molar-refractivity contribution is 6.02. The number of hydrogen-bond donors (Lipinski definition) is 1. The molecule has 0 amide bonds. The number of nitrogens with zero attached hydrogens (tertiary/aromatic N) is 1. The van der Waals surface area contributed by atoms with Crippen molar-refractivity contribution in [3.63, 3.8) is 0 Å². The fraction of sp³-hybridized carbons (Fsp3) is 0.300. The lowest BCUT2D eigenvalue weighted by molar-refractivity contribution is 0.187. The Bertz CT molecular complexity index is 759. The van der Waals surface area contributed by atoms with Crippen LogP contribution in [0.1, 0.15) is 18.5 Å². The van der Waals surface area contributed by atoms with Crippen LogP contribution in [-0.2, 0) is 0 Å². The third-order valence-corrected chi connectivity index (χ3v) is 4.93. The number of piperazine rings is 1. The molecule has 0 saturated carbocycles. The summed E-state index contributed by atoms with van der Waals surface area (Å²) in [6.07, 6.45) is 0. The van der Waals surface area contributed by atoms with Gasteiger partial charge in [-0.3, -0.25) is 4.90 Å². The SMILES string of the molecule is C[C@H](c1c2ccccc2cc2ccccc12)N1CCNCC1.Cl.Cl. The molecule has 0 unspecified atom stereocenters. The minimum atomic E-state index is 0. The largest absolute Gasteiger partial charge is 0.314 e. The first kappa shape index (κ1) is 19.0.